The predicted octanol–water partition coefficient (Wildman–Crippen LogP) is 1.12. The fraction of sp³-hybridized carbons (Fsp3) is 0.857. The SMILES string of the molecule is CCCC(CC)C(=O)[O-].CCCC(CC)C(=O)[O-].[Fe+2]. The summed E-state index contributed by atoms with van der Waals surface area (Å²) in [6, 6.07) is 0. The Hall–Kier alpha value is -0.541. The predicted molar refractivity (Wildman–Crippen MR) is 67.4 cm³/mol. The molecule has 2 atom stereocenters. The quantitative estimate of drug-likeness (QED) is 0.629. The van der Waals surface area contributed by atoms with Crippen LogP contribution in [0.2, 0.25) is 0 Å². The number of hydrogen-bond donors (Lipinski definition) is 0. The van der Waals surface area contributed by atoms with Crippen LogP contribution in [-0.2, 0) is 26.7 Å². The van der Waals surface area contributed by atoms with E-state index in [2.05, 4.69) is 0 Å². The van der Waals surface area contributed by atoms with Gasteiger partial charge in [0.05, 0.1) is 0 Å². The molecule has 0 fully saturated rings. The fourth-order valence-electron chi connectivity index (χ4n) is 1.67. The van der Waals surface area contributed by atoms with Gasteiger partial charge in [0.2, 0.25) is 0 Å². The molecule has 0 aromatic carbocycles. The first-order valence-corrected chi connectivity index (χ1v) is 6.86. The molecule has 0 aromatic heterocycles. The van der Waals surface area contributed by atoms with Crippen molar-refractivity contribution in [2.45, 2.75) is 66.2 Å². The summed E-state index contributed by atoms with van der Waals surface area (Å²) >= 11 is 0. The molecule has 2 unspecified atom stereocenters. The molecule has 0 N–H and O–H groups in total. The van der Waals surface area contributed by atoms with Crippen molar-refractivity contribution < 1.29 is 36.9 Å². The Morgan fingerprint density at radius 1 is 0.789 bits per heavy atom. The van der Waals surface area contributed by atoms with E-state index in [-0.39, 0.29) is 28.9 Å². The molecule has 0 saturated heterocycles. The first kappa shape index (κ1) is 23.5. The van der Waals surface area contributed by atoms with Gasteiger partial charge in [0.25, 0.3) is 0 Å². The third-order valence-electron chi connectivity index (χ3n) is 2.93. The summed E-state index contributed by atoms with van der Waals surface area (Å²) in [4.78, 5) is 20.4. The number of carbonyl (C=O) groups is 2. The van der Waals surface area contributed by atoms with Crippen LogP contribution in [0.3, 0.4) is 0 Å². The van der Waals surface area contributed by atoms with Gasteiger partial charge in [-0.25, -0.2) is 0 Å². The van der Waals surface area contributed by atoms with Crippen LogP contribution < -0.4 is 10.2 Å². The molecule has 0 amide bonds. The van der Waals surface area contributed by atoms with Crippen LogP contribution in [0, 0.1) is 11.8 Å². The van der Waals surface area contributed by atoms with Gasteiger partial charge < -0.3 is 19.8 Å². The van der Waals surface area contributed by atoms with E-state index in [0.29, 0.717) is 12.8 Å². The van der Waals surface area contributed by atoms with Crippen LogP contribution in [0.25, 0.3) is 0 Å². The Bertz CT molecular complexity index is 207. The average molecular weight is 314 g/mol. The standard InChI is InChI=1S/2C7H14O2.Fe/c2*1-3-5-6(4-2)7(8)9;/h2*6H,3-5H2,1-2H3,(H,8,9);/q;;+2/p-2. The molecule has 4 nitrogen and oxygen atoms in total. The maximum absolute atomic E-state index is 10.2. The smallest absolute Gasteiger partial charge is 0.550 e. The van der Waals surface area contributed by atoms with Crippen molar-refractivity contribution in [1.29, 1.82) is 0 Å². The average Bonchev–Trinajstić information content (AvgIpc) is 2.32. The van der Waals surface area contributed by atoms with E-state index in [9.17, 15) is 19.8 Å². The van der Waals surface area contributed by atoms with Crippen LogP contribution in [0.4, 0.5) is 0 Å². The molecule has 0 aliphatic carbocycles. The molecule has 5 heteroatoms. The second-order valence-corrected chi connectivity index (χ2v) is 4.43. The minimum Gasteiger partial charge on any atom is -0.550 e. The van der Waals surface area contributed by atoms with Crippen molar-refractivity contribution in [2.75, 3.05) is 0 Å². The summed E-state index contributed by atoms with van der Waals surface area (Å²) in [5, 5.41) is 20.4. The minimum atomic E-state index is -0.903. The van der Waals surface area contributed by atoms with Crippen LogP contribution in [0.1, 0.15) is 66.2 Å². The van der Waals surface area contributed by atoms with E-state index < -0.39 is 11.9 Å². The molecule has 114 valence electrons. The van der Waals surface area contributed by atoms with Gasteiger partial charge >= 0.3 is 17.1 Å². The van der Waals surface area contributed by atoms with Gasteiger partial charge in [0.1, 0.15) is 0 Å². The Morgan fingerprint density at radius 2 is 1.05 bits per heavy atom. The summed E-state index contributed by atoms with van der Waals surface area (Å²) in [5.41, 5.74) is 0. The monoisotopic (exact) mass is 314 g/mol. The first-order chi connectivity index (χ1) is 8.44. The van der Waals surface area contributed by atoms with Gasteiger partial charge in [-0.2, -0.15) is 0 Å². The third-order valence-corrected chi connectivity index (χ3v) is 2.93. The van der Waals surface area contributed by atoms with Gasteiger partial charge in [-0.15, -0.1) is 0 Å². The van der Waals surface area contributed by atoms with E-state index in [4.69, 9.17) is 0 Å². The molecule has 0 saturated carbocycles. The van der Waals surface area contributed by atoms with E-state index in [1.54, 1.807) is 0 Å². The van der Waals surface area contributed by atoms with Crippen LogP contribution in [0.5, 0.6) is 0 Å². The Balaban J connectivity index is -0.000000256. The molecule has 0 radical (unpaired) electrons. The third kappa shape index (κ3) is 13.7. The van der Waals surface area contributed by atoms with Gasteiger partial charge in [-0.1, -0.05) is 40.5 Å². The van der Waals surface area contributed by atoms with E-state index in [1.807, 2.05) is 27.7 Å². The summed E-state index contributed by atoms with van der Waals surface area (Å²) in [5.74, 6) is -2.26. The zero-order valence-corrected chi connectivity index (χ0v) is 13.5. The number of aliphatic carboxylic acids is 2. The van der Waals surface area contributed by atoms with Gasteiger partial charge in [-0.05, 0) is 37.5 Å². The van der Waals surface area contributed by atoms with Crippen molar-refractivity contribution in [3.05, 3.63) is 0 Å². The summed E-state index contributed by atoms with van der Waals surface area (Å²) < 4.78 is 0. The maximum atomic E-state index is 10.2. The molecule has 19 heavy (non-hydrogen) atoms. The Kier molecular flexibility index (Phi) is 19.2. The number of carboxylic acids is 2. The molecule has 0 spiro atoms. The van der Waals surface area contributed by atoms with E-state index in [1.165, 1.54) is 0 Å². The number of rotatable bonds is 8. The molecular weight excluding hydrogens is 288 g/mol. The number of carbonyl (C=O) groups excluding carboxylic acids is 2. The van der Waals surface area contributed by atoms with Gasteiger partial charge in [-0.3, -0.25) is 0 Å². The van der Waals surface area contributed by atoms with E-state index >= 15 is 0 Å². The number of hydrogen-bond acceptors (Lipinski definition) is 4. The minimum absolute atomic E-state index is 0. The summed E-state index contributed by atoms with van der Waals surface area (Å²) in [6.45, 7) is 7.70. The van der Waals surface area contributed by atoms with Crippen molar-refractivity contribution in [3.8, 4) is 0 Å². The van der Waals surface area contributed by atoms with Crippen molar-refractivity contribution in [2.24, 2.45) is 11.8 Å². The second-order valence-electron chi connectivity index (χ2n) is 4.43. The molecule has 0 aliphatic heterocycles. The van der Waals surface area contributed by atoms with Crippen molar-refractivity contribution in [3.63, 3.8) is 0 Å². The second kappa shape index (κ2) is 15.5. The Labute approximate surface area is 127 Å². The molecule has 0 aliphatic rings. The fourth-order valence-corrected chi connectivity index (χ4v) is 1.67. The zero-order chi connectivity index (χ0) is 14.6. The Morgan fingerprint density at radius 3 is 1.11 bits per heavy atom. The normalized spacial score (nSPS) is 12.4. The van der Waals surface area contributed by atoms with E-state index in [0.717, 1.165) is 25.7 Å². The molecule has 0 aromatic rings. The molecule has 0 heterocycles. The van der Waals surface area contributed by atoms with Gasteiger partial charge in [0.15, 0.2) is 0 Å². The number of carboxylic acid groups (broad SMARTS) is 2. The molecular formula is C14H26FeO4. The molecule has 0 rings (SSSR count). The maximum Gasteiger partial charge on any atom is 2.00 e. The largest absolute Gasteiger partial charge is 2.00 e. The summed E-state index contributed by atoms with van der Waals surface area (Å²) in [6.07, 6.45) is 4.73. The zero-order valence-electron chi connectivity index (χ0n) is 12.4. The van der Waals surface area contributed by atoms with Gasteiger partial charge in [0, 0.05) is 11.9 Å². The van der Waals surface area contributed by atoms with Crippen LogP contribution in [0.15, 0.2) is 0 Å². The summed E-state index contributed by atoms with van der Waals surface area (Å²) in [7, 11) is 0. The molecule has 0 bridgehead atoms. The van der Waals surface area contributed by atoms with Crippen molar-refractivity contribution >= 4 is 11.9 Å². The topological polar surface area (TPSA) is 80.3 Å². The van der Waals surface area contributed by atoms with Crippen molar-refractivity contribution in [1.82, 2.24) is 0 Å². The van der Waals surface area contributed by atoms with Crippen LogP contribution in [-0.4, -0.2) is 11.9 Å². The van der Waals surface area contributed by atoms with Crippen LogP contribution >= 0.6 is 0 Å². The first-order valence-electron chi connectivity index (χ1n) is 6.86.